The molecule has 1 aliphatic rings. The summed E-state index contributed by atoms with van der Waals surface area (Å²) in [5.41, 5.74) is -1.26. The second kappa shape index (κ2) is 4.78. The largest absolute Gasteiger partial charge is 0.394 e. The van der Waals surface area contributed by atoms with Crippen LogP contribution < -0.4 is 11.2 Å². The van der Waals surface area contributed by atoms with E-state index >= 15 is 0 Å². The molecule has 0 radical (unpaired) electrons. The Morgan fingerprint density at radius 3 is 3.06 bits per heavy atom. The second-order valence-corrected chi connectivity index (χ2v) is 3.93. The minimum Gasteiger partial charge on any atom is -0.394 e. The van der Waals surface area contributed by atoms with Crippen LogP contribution in [-0.2, 0) is 4.74 Å². The van der Waals surface area contributed by atoms with Crippen LogP contribution in [0.25, 0.3) is 0 Å². The maximum Gasteiger partial charge on any atom is 0.330 e. The Morgan fingerprint density at radius 1 is 1.67 bits per heavy atom. The standard InChI is InChI=1S/C11H12N2O5/c1-2-6-9(16)7(5-14)18-10(6)13-4-3-8(15)12-11(13)17/h1,3-4,6-7,9-10,14,16H,5H2,(H,12,15,17)/t6-,7+,9-,10?/m0/s1/i1D. The number of hydrogen-bond donors (Lipinski definition) is 3. The molecular weight excluding hydrogens is 240 g/mol. The van der Waals surface area contributed by atoms with Gasteiger partial charge in [-0.25, -0.2) is 4.79 Å². The molecular formula is C11H12N2O5. The molecule has 7 heteroatoms. The minimum absolute atomic E-state index is 0.439. The first kappa shape index (κ1) is 11.2. The molecule has 1 saturated heterocycles. The quantitative estimate of drug-likeness (QED) is 0.531. The zero-order chi connectivity index (χ0) is 14.0. The molecule has 0 bridgehead atoms. The van der Waals surface area contributed by atoms with Gasteiger partial charge in [-0.2, -0.15) is 0 Å². The molecule has 4 atom stereocenters. The van der Waals surface area contributed by atoms with E-state index in [-0.39, 0.29) is 0 Å². The molecule has 0 spiro atoms. The lowest BCUT2D eigenvalue weighted by Gasteiger charge is -2.16. The van der Waals surface area contributed by atoms with Gasteiger partial charge >= 0.3 is 5.69 Å². The fourth-order valence-corrected chi connectivity index (χ4v) is 1.92. The molecule has 1 aromatic heterocycles. The number of terminal acetylenes is 1. The monoisotopic (exact) mass is 253 g/mol. The van der Waals surface area contributed by atoms with Gasteiger partial charge in [0.2, 0.25) is 0 Å². The average molecular weight is 253 g/mol. The second-order valence-electron chi connectivity index (χ2n) is 3.93. The molecule has 18 heavy (non-hydrogen) atoms. The summed E-state index contributed by atoms with van der Waals surface area (Å²) < 4.78 is 13.3. The summed E-state index contributed by atoms with van der Waals surface area (Å²) >= 11 is 0. The van der Waals surface area contributed by atoms with Crippen molar-refractivity contribution in [3.8, 4) is 12.3 Å². The van der Waals surface area contributed by atoms with E-state index in [1.54, 1.807) is 0 Å². The molecule has 1 aliphatic heterocycles. The first-order chi connectivity index (χ1) is 9.08. The van der Waals surface area contributed by atoms with Crippen molar-refractivity contribution in [3.05, 3.63) is 33.1 Å². The third-order valence-electron chi connectivity index (χ3n) is 2.84. The number of rotatable bonds is 2. The van der Waals surface area contributed by atoms with Gasteiger partial charge in [-0.15, -0.1) is 6.40 Å². The Labute approximate surface area is 103 Å². The van der Waals surface area contributed by atoms with Crippen LogP contribution in [0, 0.1) is 18.2 Å². The van der Waals surface area contributed by atoms with Gasteiger partial charge in [0.1, 0.15) is 13.6 Å². The van der Waals surface area contributed by atoms with Gasteiger partial charge in [-0.05, 0) is 0 Å². The maximum absolute atomic E-state index is 11.7. The molecule has 0 aromatic carbocycles. The SMILES string of the molecule is [2H]C#C[C@@H]1C(n2ccc(=O)[nH]c2=O)O[C@H](CO)[C@H]1O. The highest BCUT2D eigenvalue weighted by atomic mass is 16.5. The van der Waals surface area contributed by atoms with E-state index in [0.29, 0.717) is 0 Å². The van der Waals surface area contributed by atoms with Crippen molar-refractivity contribution in [2.45, 2.75) is 18.4 Å². The summed E-state index contributed by atoms with van der Waals surface area (Å²) in [7, 11) is 0. The van der Waals surface area contributed by atoms with Gasteiger partial charge in [-0.3, -0.25) is 14.3 Å². The van der Waals surface area contributed by atoms with E-state index < -0.39 is 42.2 Å². The van der Waals surface area contributed by atoms with Gasteiger partial charge in [0.25, 0.3) is 5.56 Å². The van der Waals surface area contributed by atoms with E-state index in [1.165, 1.54) is 6.20 Å². The molecule has 2 rings (SSSR count). The lowest BCUT2D eigenvalue weighted by atomic mass is 10.0. The maximum atomic E-state index is 11.7. The first-order valence-corrected chi connectivity index (χ1v) is 5.26. The van der Waals surface area contributed by atoms with Crippen molar-refractivity contribution in [2.24, 2.45) is 5.92 Å². The molecule has 0 amide bonds. The number of nitrogens with one attached hydrogen (secondary N) is 1. The van der Waals surface area contributed by atoms with Gasteiger partial charge in [0.15, 0.2) is 6.23 Å². The number of hydrogen-bond acceptors (Lipinski definition) is 5. The Morgan fingerprint density at radius 2 is 2.44 bits per heavy atom. The van der Waals surface area contributed by atoms with Crippen LogP contribution in [0.3, 0.4) is 0 Å². The van der Waals surface area contributed by atoms with Gasteiger partial charge in [-0.1, -0.05) is 5.92 Å². The van der Waals surface area contributed by atoms with Crippen LogP contribution in [0.2, 0.25) is 0 Å². The third-order valence-corrected chi connectivity index (χ3v) is 2.84. The van der Waals surface area contributed by atoms with Crippen molar-refractivity contribution in [3.63, 3.8) is 0 Å². The van der Waals surface area contributed by atoms with Crippen molar-refractivity contribution in [1.82, 2.24) is 9.55 Å². The normalized spacial score (nSPS) is 31.6. The van der Waals surface area contributed by atoms with Crippen LogP contribution in [0.15, 0.2) is 21.9 Å². The summed E-state index contributed by atoms with van der Waals surface area (Å²) in [6, 6.07) is 1.13. The number of H-pyrrole nitrogens is 1. The average Bonchev–Trinajstić information content (AvgIpc) is 2.68. The van der Waals surface area contributed by atoms with E-state index in [9.17, 15) is 14.7 Å². The molecule has 1 unspecified atom stereocenters. The summed E-state index contributed by atoms with van der Waals surface area (Å²) in [6.45, 7) is -0.439. The molecule has 2 heterocycles. The predicted molar refractivity (Wildman–Crippen MR) is 60.6 cm³/mol. The number of aromatic amines is 1. The van der Waals surface area contributed by atoms with E-state index in [0.717, 1.165) is 10.6 Å². The Kier molecular flexibility index (Phi) is 2.98. The van der Waals surface area contributed by atoms with Crippen molar-refractivity contribution in [2.75, 3.05) is 6.61 Å². The number of ether oxygens (including phenoxy) is 1. The predicted octanol–water partition coefficient (Wildman–Crippen LogP) is -1.96. The Balaban J connectivity index is 2.43. The molecule has 1 fully saturated rings. The van der Waals surface area contributed by atoms with Crippen molar-refractivity contribution < 1.29 is 16.3 Å². The Hall–Kier alpha value is -1.88. The van der Waals surface area contributed by atoms with Crippen LogP contribution >= 0.6 is 0 Å². The zero-order valence-electron chi connectivity index (χ0n) is 10.2. The summed E-state index contributed by atoms with van der Waals surface area (Å²) in [6.07, 6.45) is 0.149. The van der Waals surface area contributed by atoms with Gasteiger partial charge in [0.05, 0.1) is 12.5 Å². The molecule has 96 valence electrons. The molecule has 7 nitrogen and oxygen atoms in total. The summed E-state index contributed by atoms with van der Waals surface area (Å²) in [4.78, 5) is 24.7. The molecule has 0 aliphatic carbocycles. The van der Waals surface area contributed by atoms with Gasteiger partial charge in [0, 0.05) is 12.3 Å². The fourth-order valence-electron chi connectivity index (χ4n) is 1.92. The lowest BCUT2D eigenvalue weighted by Crippen LogP contribution is -2.34. The van der Waals surface area contributed by atoms with Crippen LogP contribution in [0.5, 0.6) is 0 Å². The summed E-state index contributed by atoms with van der Waals surface area (Å²) in [5.74, 6) is 1.59. The van der Waals surface area contributed by atoms with Crippen LogP contribution in [-0.4, -0.2) is 38.6 Å². The highest BCUT2D eigenvalue weighted by Crippen LogP contribution is 2.33. The summed E-state index contributed by atoms with van der Waals surface area (Å²) in [5, 5.41) is 19.0. The highest BCUT2D eigenvalue weighted by molar-refractivity contribution is 5.06. The molecule has 1 aromatic rings. The van der Waals surface area contributed by atoms with Gasteiger partial charge < -0.3 is 14.9 Å². The number of aliphatic hydroxyl groups is 2. The first-order valence-electron chi connectivity index (χ1n) is 5.76. The van der Waals surface area contributed by atoms with E-state index in [1.807, 2.05) is 6.40 Å². The van der Waals surface area contributed by atoms with E-state index in [2.05, 4.69) is 10.9 Å². The van der Waals surface area contributed by atoms with E-state index in [4.69, 9.17) is 11.2 Å². The molecule has 0 saturated carbocycles. The lowest BCUT2D eigenvalue weighted by molar-refractivity contribution is -0.0469. The van der Waals surface area contributed by atoms with Crippen molar-refractivity contribution in [1.29, 1.82) is 0 Å². The number of nitrogens with zero attached hydrogens (tertiary/aromatic N) is 1. The third kappa shape index (κ3) is 1.97. The van der Waals surface area contributed by atoms with Crippen LogP contribution in [0.4, 0.5) is 0 Å². The smallest absolute Gasteiger partial charge is 0.330 e. The number of aromatic nitrogens is 2. The topological polar surface area (TPSA) is 105 Å². The highest BCUT2D eigenvalue weighted by Gasteiger charge is 2.43. The van der Waals surface area contributed by atoms with Crippen molar-refractivity contribution >= 4 is 0 Å². The Bertz CT molecular complexity index is 628. The minimum atomic E-state index is -1.12. The zero-order valence-corrected chi connectivity index (χ0v) is 9.24. The fraction of sp³-hybridized carbons (Fsp3) is 0.455. The van der Waals surface area contributed by atoms with Crippen LogP contribution in [0.1, 0.15) is 7.60 Å². The number of aliphatic hydroxyl groups excluding tert-OH is 2. The molecule has 3 N–H and O–H groups in total.